The third kappa shape index (κ3) is 5.28. The second kappa shape index (κ2) is 11.3. The molecule has 2 aromatic rings. The quantitative estimate of drug-likeness (QED) is 0.133. The number of aliphatic hydroxyl groups excluding tert-OH is 2. The smallest absolute Gasteiger partial charge is 0.347 e. The Morgan fingerprint density at radius 1 is 1.18 bits per heavy atom. The zero-order valence-electron chi connectivity index (χ0n) is 21.6. The number of carbonyl (C=O) groups excluding carboxylic acids is 3. The monoisotopic (exact) mass is 528 g/mol. The third-order valence-electron chi connectivity index (χ3n) is 6.65. The summed E-state index contributed by atoms with van der Waals surface area (Å²) in [5.74, 6) is -5.81. The maximum absolute atomic E-state index is 13.7. The fourth-order valence-electron chi connectivity index (χ4n) is 4.44. The van der Waals surface area contributed by atoms with Gasteiger partial charge in [0.05, 0.1) is 13.7 Å². The highest BCUT2D eigenvalue weighted by Gasteiger charge is 2.62. The summed E-state index contributed by atoms with van der Waals surface area (Å²) in [6, 6.07) is 7.58. The van der Waals surface area contributed by atoms with Crippen LogP contribution in [0.15, 0.2) is 42.0 Å². The standard InChI is InChI=1S/C28H32O10/c1-14(2)5-10-17-19(30)12-22(37-4)23(24(17)33)20(31)11-18(16-8-6-15(3)7-9-16)28(36)26(34)25(21(32)13-29)38-27(28)35/h5-9,12,18,21,25,29-30,32-33,36H,10-11,13H2,1-4H3. The highest BCUT2D eigenvalue weighted by Crippen LogP contribution is 2.44. The number of methoxy groups -OCH3 is 1. The second-order valence-electron chi connectivity index (χ2n) is 9.58. The Morgan fingerprint density at radius 3 is 2.37 bits per heavy atom. The lowest BCUT2D eigenvalue weighted by atomic mass is 9.75. The first-order valence-electron chi connectivity index (χ1n) is 12.0. The molecule has 0 amide bonds. The first-order chi connectivity index (χ1) is 17.9. The van der Waals surface area contributed by atoms with Gasteiger partial charge >= 0.3 is 5.97 Å². The number of phenolic OH excluding ortho intramolecular Hbond substituents is 2. The van der Waals surface area contributed by atoms with E-state index in [0.29, 0.717) is 0 Å². The summed E-state index contributed by atoms with van der Waals surface area (Å²) in [5.41, 5.74) is -1.10. The molecule has 1 saturated heterocycles. The van der Waals surface area contributed by atoms with Crippen molar-refractivity contribution in [3.63, 3.8) is 0 Å². The molecule has 204 valence electrons. The van der Waals surface area contributed by atoms with Crippen LogP contribution in [0.5, 0.6) is 17.2 Å². The highest BCUT2D eigenvalue weighted by molar-refractivity contribution is 6.16. The van der Waals surface area contributed by atoms with E-state index in [9.17, 15) is 39.9 Å². The normalized spacial score (nSPS) is 20.6. The van der Waals surface area contributed by atoms with E-state index in [2.05, 4.69) is 0 Å². The molecule has 0 saturated carbocycles. The lowest BCUT2D eigenvalue weighted by Crippen LogP contribution is -2.50. The number of allylic oxidation sites excluding steroid dienone is 2. The zero-order valence-corrected chi connectivity index (χ0v) is 21.6. The van der Waals surface area contributed by atoms with Crippen LogP contribution in [0.1, 0.15) is 53.2 Å². The molecule has 0 aliphatic carbocycles. The van der Waals surface area contributed by atoms with E-state index < -0.39 is 60.0 Å². The number of esters is 1. The average Bonchev–Trinajstić information content (AvgIpc) is 3.11. The average molecular weight is 529 g/mol. The summed E-state index contributed by atoms with van der Waals surface area (Å²) in [6.07, 6.45) is -2.39. The van der Waals surface area contributed by atoms with E-state index in [-0.39, 0.29) is 34.6 Å². The lowest BCUT2D eigenvalue weighted by molar-refractivity contribution is -0.159. The van der Waals surface area contributed by atoms with Crippen LogP contribution < -0.4 is 4.74 Å². The predicted octanol–water partition coefficient (Wildman–Crippen LogP) is 1.86. The molecule has 0 aromatic heterocycles. The number of ether oxygens (including phenoxy) is 2. The molecule has 5 N–H and O–H groups in total. The molecular weight excluding hydrogens is 496 g/mol. The van der Waals surface area contributed by atoms with Gasteiger partial charge < -0.3 is 35.0 Å². The van der Waals surface area contributed by atoms with Gasteiger partial charge in [0.25, 0.3) is 0 Å². The fraction of sp³-hybridized carbons (Fsp3) is 0.393. The van der Waals surface area contributed by atoms with Gasteiger partial charge in [-0.2, -0.15) is 0 Å². The first kappa shape index (κ1) is 28.8. The van der Waals surface area contributed by atoms with Crippen molar-refractivity contribution in [3.05, 3.63) is 64.2 Å². The number of benzene rings is 2. The van der Waals surface area contributed by atoms with Crippen molar-refractivity contribution >= 4 is 17.5 Å². The van der Waals surface area contributed by atoms with Crippen molar-refractivity contribution in [1.29, 1.82) is 0 Å². The van der Waals surface area contributed by atoms with Crippen LogP contribution in [0.3, 0.4) is 0 Å². The number of Topliss-reactive ketones (excluding diaryl/α,β-unsaturated/α-hetero) is 2. The molecule has 0 radical (unpaired) electrons. The van der Waals surface area contributed by atoms with Gasteiger partial charge in [0.1, 0.15) is 28.9 Å². The van der Waals surface area contributed by atoms with Gasteiger partial charge in [-0.1, -0.05) is 41.5 Å². The molecule has 10 heteroatoms. The zero-order chi connectivity index (χ0) is 28.4. The number of ketones is 2. The van der Waals surface area contributed by atoms with Gasteiger partial charge in [0.15, 0.2) is 11.9 Å². The first-order valence-corrected chi connectivity index (χ1v) is 12.0. The fourth-order valence-corrected chi connectivity index (χ4v) is 4.44. The van der Waals surface area contributed by atoms with Crippen molar-refractivity contribution in [2.45, 2.75) is 57.3 Å². The summed E-state index contributed by atoms with van der Waals surface area (Å²) < 4.78 is 10.2. The van der Waals surface area contributed by atoms with Crippen molar-refractivity contribution in [3.8, 4) is 17.2 Å². The van der Waals surface area contributed by atoms with E-state index in [1.807, 2.05) is 13.8 Å². The van der Waals surface area contributed by atoms with Crippen LogP contribution in [-0.2, 0) is 20.7 Å². The number of aliphatic hydroxyl groups is 3. The van der Waals surface area contributed by atoms with Gasteiger partial charge in [0.2, 0.25) is 11.4 Å². The number of carbonyl (C=O) groups is 3. The minimum Gasteiger partial charge on any atom is -0.507 e. The summed E-state index contributed by atoms with van der Waals surface area (Å²) >= 11 is 0. The van der Waals surface area contributed by atoms with Gasteiger partial charge in [0, 0.05) is 24.0 Å². The van der Waals surface area contributed by atoms with Crippen LogP contribution in [0, 0.1) is 6.92 Å². The van der Waals surface area contributed by atoms with E-state index >= 15 is 0 Å². The number of aromatic hydroxyl groups is 2. The molecule has 1 aliphatic heterocycles. The second-order valence-corrected chi connectivity index (χ2v) is 9.58. The topological polar surface area (TPSA) is 171 Å². The molecule has 0 bridgehead atoms. The molecule has 0 spiro atoms. The molecule has 2 aromatic carbocycles. The maximum Gasteiger partial charge on any atom is 0.347 e. The molecule has 1 heterocycles. The summed E-state index contributed by atoms with van der Waals surface area (Å²) in [4.78, 5) is 39.7. The van der Waals surface area contributed by atoms with Crippen LogP contribution in [0.2, 0.25) is 0 Å². The highest BCUT2D eigenvalue weighted by atomic mass is 16.6. The summed E-state index contributed by atoms with van der Waals surface area (Å²) in [5, 5.41) is 52.1. The largest absolute Gasteiger partial charge is 0.507 e. The molecule has 38 heavy (non-hydrogen) atoms. The SMILES string of the molecule is COc1cc(O)c(CC=C(C)C)c(O)c1C(=O)CC(c1ccc(C)cc1)C1(O)C(=O)OC(C(O)CO)C1=O. The molecule has 3 rings (SSSR count). The van der Waals surface area contributed by atoms with Crippen molar-refractivity contribution < 1.29 is 49.4 Å². The summed E-state index contributed by atoms with van der Waals surface area (Å²) in [6.45, 7) is 4.56. The molecular formula is C28H32O10. The Kier molecular flexibility index (Phi) is 8.61. The number of phenols is 2. The minimum atomic E-state index is -2.86. The molecule has 4 unspecified atom stereocenters. The van der Waals surface area contributed by atoms with Gasteiger partial charge in [-0.25, -0.2) is 4.79 Å². The van der Waals surface area contributed by atoms with Crippen LogP contribution in [0.25, 0.3) is 0 Å². The Hall–Kier alpha value is -3.73. The number of cyclic esters (lactones) is 1. The Bertz CT molecular complexity index is 1260. The minimum absolute atomic E-state index is 0.0726. The van der Waals surface area contributed by atoms with Crippen LogP contribution in [0.4, 0.5) is 0 Å². The van der Waals surface area contributed by atoms with Crippen LogP contribution in [-0.4, -0.2) is 74.6 Å². The van der Waals surface area contributed by atoms with Crippen molar-refractivity contribution in [2.24, 2.45) is 0 Å². The van der Waals surface area contributed by atoms with Gasteiger partial charge in [-0.15, -0.1) is 0 Å². The van der Waals surface area contributed by atoms with Gasteiger partial charge in [-0.3, -0.25) is 9.59 Å². The lowest BCUT2D eigenvalue weighted by Gasteiger charge is -2.28. The number of hydrogen-bond donors (Lipinski definition) is 5. The molecule has 1 fully saturated rings. The number of hydrogen-bond acceptors (Lipinski definition) is 10. The van der Waals surface area contributed by atoms with E-state index in [0.717, 1.165) is 11.1 Å². The maximum atomic E-state index is 13.7. The van der Waals surface area contributed by atoms with Crippen molar-refractivity contribution in [1.82, 2.24) is 0 Å². The Labute approximate surface area is 219 Å². The van der Waals surface area contributed by atoms with E-state index in [1.165, 1.54) is 25.3 Å². The predicted molar refractivity (Wildman–Crippen MR) is 135 cm³/mol. The molecule has 1 aliphatic rings. The van der Waals surface area contributed by atoms with Crippen molar-refractivity contribution in [2.75, 3.05) is 13.7 Å². The molecule has 4 atom stereocenters. The Balaban J connectivity index is 2.13. The summed E-state index contributed by atoms with van der Waals surface area (Å²) in [7, 11) is 1.24. The number of rotatable bonds is 10. The van der Waals surface area contributed by atoms with E-state index in [1.54, 1.807) is 25.1 Å². The van der Waals surface area contributed by atoms with Crippen LogP contribution >= 0.6 is 0 Å². The Morgan fingerprint density at radius 2 is 1.82 bits per heavy atom. The van der Waals surface area contributed by atoms with E-state index in [4.69, 9.17) is 9.47 Å². The number of aryl methyl sites for hydroxylation is 1. The van der Waals surface area contributed by atoms with Gasteiger partial charge in [-0.05, 0) is 32.8 Å². The third-order valence-corrected chi connectivity index (χ3v) is 6.65. The molecule has 10 nitrogen and oxygen atoms in total.